The minimum atomic E-state index is -0.557. The molecular formula is C30H51AsN2O3. The first-order valence-electron chi connectivity index (χ1n) is 14.3. The molecule has 1 aliphatic rings. The van der Waals surface area contributed by atoms with E-state index in [1.807, 2.05) is 12.1 Å². The number of nitrogens with one attached hydrogen (secondary N) is 1. The standard InChI is InChI=1S/C18H36.C12H15AsN2O3/c1-2-3-4-5-6-7-8-9-10-11-12-13-14-15-18-16-17-18;1-15(2)14-12(17)18-11-6-4-3-5-9(11)10(13)7-8-16/h18H,2-17H2,1H3;3-6,8,10H,7H2,1-2H3,(H,14,17). The summed E-state index contributed by atoms with van der Waals surface area (Å²) in [7, 11) is 3.39. The molecule has 1 aliphatic carbocycles. The number of para-hydroxylation sites is 1. The molecule has 1 saturated carbocycles. The molecule has 2 rings (SSSR count). The van der Waals surface area contributed by atoms with Crippen molar-refractivity contribution >= 4 is 29.2 Å². The zero-order valence-corrected chi connectivity index (χ0v) is 25.1. The molecule has 0 bridgehead atoms. The molecule has 1 aromatic carbocycles. The molecular weight excluding hydrogens is 511 g/mol. The third kappa shape index (κ3) is 18.0. The van der Waals surface area contributed by atoms with Crippen molar-refractivity contribution in [3.63, 3.8) is 0 Å². The summed E-state index contributed by atoms with van der Waals surface area (Å²) in [5.41, 5.74) is 3.30. The Kier molecular flexibility index (Phi) is 19.7. The summed E-state index contributed by atoms with van der Waals surface area (Å²) in [5, 5.41) is 1.50. The molecule has 1 N–H and O–H groups in total. The van der Waals surface area contributed by atoms with Crippen molar-refractivity contribution in [2.45, 2.75) is 121 Å². The van der Waals surface area contributed by atoms with Gasteiger partial charge in [-0.15, -0.1) is 0 Å². The number of hydrazine groups is 1. The van der Waals surface area contributed by atoms with Crippen LogP contribution in [0, 0.1) is 5.92 Å². The third-order valence-corrected chi connectivity index (χ3v) is 7.55. The van der Waals surface area contributed by atoms with Gasteiger partial charge in [-0.2, -0.15) is 0 Å². The molecule has 2 radical (unpaired) electrons. The Hall–Kier alpha value is -1.32. The molecule has 1 atom stereocenters. The number of nitrogens with zero attached hydrogens (tertiary/aromatic N) is 1. The van der Waals surface area contributed by atoms with Crippen LogP contribution in [0.1, 0.15) is 126 Å². The van der Waals surface area contributed by atoms with Crippen LogP contribution in [0.4, 0.5) is 4.79 Å². The molecule has 6 heteroatoms. The SMILES string of the molecule is CCCCCCCCCCCCCCCC1CC1.CN(C)NC(=O)Oc1ccccc1C([As])CC=O. The Morgan fingerprint density at radius 1 is 0.972 bits per heavy atom. The molecule has 36 heavy (non-hydrogen) atoms. The average Bonchev–Trinajstić information content (AvgIpc) is 3.67. The molecule has 0 aliphatic heterocycles. The molecule has 204 valence electrons. The number of hydrogen-bond acceptors (Lipinski definition) is 4. The number of rotatable bonds is 19. The summed E-state index contributed by atoms with van der Waals surface area (Å²) in [6, 6.07) is 7.17. The van der Waals surface area contributed by atoms with Gasteiger partial charge in [0.25, 0.3) is 0 Å². The van der Waals surface area contributed by atoms with Crippen LogP contribution in [0.25, 0.3) is 0 Å². The summed E-state index contributed by atoms with van der Waals surface area (Å²) in [5.74, 6) is 1.61. The van der Waals surface area contributed by atoms with Gasteiger partial charge in [-0.3, -0.25) is 0 Å². The number of benzene rings is 1. The maximum atomic E-state index is 11.5. The quantitative estimate of drug-likeness (QED) is 0.0805. The second-order valence-corrected chi connectivity index (χ2v) is 11.6. The van der Waals surface area contributed by atoms with Crippen LogP contribution in [-0.2, 0) is 4.79 Å². The van der Waals surface area contributed by atoms with Crippen molar-refractivity contribution in [3.05, 3.63) is 29.8 Å². The van der Waals surface area contributed by atoms with E-state index in [4.69, 9.17) is 4.74 Å². The molecule has 0 aromatic heterocycles. The minimum absolute atomic E-state index is 0.0432. The summed E-state index contributed by atoms with van der Waals surface area (Å²) in [6.07, 6.45) is 24.5. The number of carbonyl (C=O) groups is 2. The van der Waals surface area contributed by atoms with Crippen molar-refractivity contribution in [1.82, 2.24) is 10.4 Å². The molecule has 1 fully saturated rings. The summed E-state index contributed by atoms with van der Waals surface area (Å²) >= 11 is 2.41. The van der Waals surface area contributed by atoms with Gasteiger partial charge in [0.1, 0.15) is 0 Å². The van der Waals surface area contributed by atoms with E-state index in [2.05, 4.69) is 29.2 Å². The Morgan fingerprint density at radius 3 is 2.00 bits per heavy atom. The van der Waals surface area contributed by atoms with E-state index >= 15 is 0 Å². The van der Waals surface area contributed by atoms with Gasteiger partial charge in [0.15, 0.2) is 0 Å². The normalized spacial score (nSPS) is 13.6. The molecule has 0 heterocycles. The van der Waals surface area contributed by atoms with E-state index in [0.717, 1.165) is 17.8 Å². The van der Waals surface area contributed by atoms with Crippen LogP contribution in [0.3, 0.4) is 0 Å². The van der Waals surface area contributed by atoms with Crippen LogP contribution in [0.2, 0.25) is 0 Å². The van der Waals surface area contributed by atoms with Crippen molar-refractivity contribution in [3.8, 4) is 5.75 Å². The topological polar surface area (TPSA) is 58.6 Å². The van der Waals surface area contributed by atoms with Crippen LogP contribution >= 0.6 is 0 Å². The fourth-order valence-corrected chi connectivity index (χ4v) is 4.86. The number of ether oxygens (including phenoxy) is 1. The monoisotopic (exact) mass is 562 g/mol. The fourth-order valence-electron chi connectivity index (χ4n) is 4.23. The molecule has 1 unspecified atom stereocenters. The first-order chi connectivity index (χ1) is 17.5. The number of hydrogen-bond donors (Lipinski definition) is 1. The van der Waals surface area contributed by atoms with Crippen LogP contribution < -0.4 is 10.2 Å². The maximum absolute atomic E-state index is 11.5. The van der Waals surface area contributed by atoms with Gasteiger partial charge in [-0.05, 0) is 5.92 Å². The predicted octanol–water partition coefficient (Wildman–Crippen LogP) is 7.93. The molecule has 5 nitrogen and oxygen atoms in total. The van der Waals surface area contributed by atoms with E-state index in [1.54, 1.807) is 26.2 Å². The van der Waals surface area contributed by atoms with Gasteiger partial charge in [-0.1, -0.05) is 110 Å². The molecule has 0 spiro atoms. The second-order valence-electron chi connectivity index (χ2n) is 10.3. The first-order valence-corrected chi connectivity index (χ1v) is 15.4. The van der Waals surface area contributed by atoms with Crippen molar-refractivity contribution in [2.75, 3.05) is 14.1 Å². The predicted molar refractivity (Wildman–Crippen MR) is 152 cm³/mol. The Morgan fingerprint density at radius 2 is 1.50 bits per heavy atom. The van der Waals surface area contributed by atoms with Crippen LogP contribution in [-0.4, -0.2) is 48.3 Å². The van der Waals surface area contributed by atoms with Gasteiger partial charge in [0.05, 0.1) is 0 Å². The third-order valence-electron chi connectivity index (χ3n) is 6.53. The van der Waals surface area contributed by atoms with Crippen molar-refractivity contribution in [2.24, 2.45) is 5.92 Å². The number of carbonyl (C=O) groups excluding carboxylic acids is 2. The zero-order valence-electron chi connectivity index (χ0n) is 23.2. The Bertz CT molecular complexity index is 695. The number of amides is 1. The van der Waals surface area contributed by atoms with E-state index in [0.29, 0.717) is 12.2 Å². The van der Waals surface area contributed by atoms with E-state index in [1.165, 1.54) is 108 Å². The second kappa shape index (κ2) is 21.7. The first kappa shape index (κ1) is 32.7. The van der Waals surface area contributed by atoms with Crippen molar-refractivity contribution in [1.29, 1.82) is 0 Å². The summed E-state index contributed by atoms with van der Waals surface area (Å²) < 4.78 is 5.16. The molecule has 1 amide bonds. The summed E-state index contributed by atoms with van der Waals surface area (Å²) in [6.45, 7) is 2.30. The molecule has 1 aromatic rings. The van der Waals surface area contributed by atoms with Gasteiger partial charge >= 0.3 is 115 Å². The van der Waals surface area contributed by atoms with Gasteiger partial charge in [0, 0.05) is 0 Å². The molecule has 0 saturated heterocycles. The zero-order chi connectivity index (χ0) is 26.4. The van der Waals surface area contributed by atoms with Gasteiger partial charge < -0.3 is 0 Å². The Labute approximate surface area is 230 Å². The van der Waals surface area contributed by atoms with Crippen molar-refractivity contribution < 1.29 is 14.3 Å². The fraction of sp³-hybridized carbons (Fsp3) is 0.733. The average molecular weight is 563 g/mol. The Balaban J connectivity index is 0.000000360. The van der Waals surface area contributed by atoms with Gasteiger partial charge in [-0.25, -0.2) is 0 Å². The van der Waals surface area contributed by atoms with Crippen LogP contribution in [0.5, 0.6) is 5.75 Å². The number of unbranched alkanes of at least 4 members (excludes halogenated alkanes) is 12. The van der Waals surface area contributed by atoms with E-state index in [-0.39, 0.29) is 4.71 Å². The van der Waals surface area contributed by atoms with Crippen LogP contribution in [0.15, 0.2) is 24.3 Å². The summed E-state index contributed by atoms with van der Waals surface area (Å²) in [4.78, 5) is 22.0. The van der Waals surface area contributed by atoms with Gasteiger partial charge in [0.2, 0.25) is 0 Å². The van der Waals surface area contributed by atoms with E-state index < -0.39 is 6.09 Å². The number of aldehydes is 1. The van der Waals surface area contributed by atoms with E-state index in [9.17, 15) is 9.59 Å².